The molecule has 1 amide bonds. The summed E-state index contributed by atoms with van der Waals surface area (Å²) >= 11 is 0. The molecule has 5 heteroatoms. The van der Waals surface area contributed by atoms with E-state index < -0.39 is 6.10 Å². The molecule has 2 aromatic rings. The van der Waals surface area contributed by atoms with Crippen molar-refractivity contribution < 1.29 is 18.7 Å². The van der Waals surface area contributed by atoms with Gasteiger partial charge in [0.2, 0.25) is 0 Å². The molecule has 116 valence electrons. The largest absolute Gasteiger partial charge is 0.456 e. The molecule has 1 aliphatic rings. The van der Waals surface area contributed by atoms with Gasteiger partial charge in [0.1, 0.15) is 11.3 Å². The average Bonchev–Trinajstić information content (AvgIpc) is 3.00. The van der Waals surface area contributed by atoms with Gasteiger partial charge in [-0.2, -0.15) is 0 Å². The molecule has 1 aliphatic heterocycles. The number of carbonyl (C=O) groups excluding carboxylic acids is 2. The van der Waals surface area contributed by atoms with E-state index >= 15 is 0 Å². The summed E-state index contributed by atoms with van der Waals surface area (Å²) in [7, 11) is 0. The van der Waals surface area contributed by atoms with Crippen molar-refractivity contribution >= 4 is 22.8 Å². The first-order valence-corrected chi connectivity index (χ1v) is 7.29. The lowest BCUT2D eigenvalue weighted by Gasteiger charge is -2.28. The Hall–Kier alpha value is -2.30. The number of rotatable bonds is 2. The number of amides is 1. The Morgan fingerprint density at radius 1 is 1.32 bits per heavy atom. The van der Waals surface area contributed by atoms with E-state index in [-0.39, 0.29) is 17.4 Å². The van der Waals surface area contributed by atoms with Gasteiger partial charge < -0.3 is 9.15 Å². The van der Waals surface area contributed by atoms with Gasteiger partial charge in [0, 0.05) is 10.9 Å². The van der Waals surface area contributed by atoms with E-state index in [0.29, 0.717) is 23.5 Å². The Morgan fingerprint density at radius 3 is 2.64 bits per heavy atom. The lowest BCUT2D eigenvalue weighted by Crippen LogP contribution is -2.41. The Bertz CT molecular complexity index is 754. The maximum Gasteiger partial charge on any atom is 0.411 e. The van der Waals surface area contributed by atoms with E-state index in [1.54, 1.807) is 11.0 Å². The van der Waals surface area contributed by atoms with E-state index in [1.807, 2.05) is 39.0 Å². The number of ketones is 1. The van der Waals surface area contributed by atoms with E-state index in [2.05, 4.69) is 0 Å². The highest BCUT2D eigenvalue weighted by molar-refractivity contribution is 6.04. The minimum Gasteiger partial charge on any atom is -0.456 e. The quantitative estimate of drug-likeness (QED) is 0.789. The highest BCUT2D eigenvalue weighted by Gasteiger charge is 2.40. The Morgan fingerprint density at radius 2 is 2.05 bits per heavy atom. The van der Waals surface area contributed by atoms with Crippen molar-refractivity contribution in [3.8, 4) is 0 Å². The number of hydrogen-bond donors (Lipinski definition) is 0. The van der Waals surface area contributed by atoms with Crippen molar-refractivity contribution in [2.45, 2.75) is 39.3 Å². The fourth-order valence-corrected chi connectivity index (χ4v) is 2.68. The van der Waals surface area contributed by atoms with Crippen molar-refractivity contribution in [3.63, 3.8) is 0 Å². The van der Waals surface area contributed by atoms with E-state index in [1.165, 1.54) is 6.92 Å². The summed E-state index contributed by atoms with van der Waals surface area (Å²) in [6.07, 6.45) is -0.788. The molecule has 1 saturated heterocycles. The van der Waals surface area contributed by atoms with Crippen molar-refractivity contribution in [2.24, 2.45) is 0 Å². The van der Waals surface area contributed by atoms with Crippen LogP contribution >= 0.6 is 0 Å². The first-order chi connectivity index (χ1) is 10.3. The summed E-state index contributed by atoms with van der Waals surface area (Å²) in [5, 5.41) is 0.841. The van der Waals surface area contributed by atoms with Crippen molar-refractivity contribution in [1.29, 1.82) is 0 Å². The molecule has 1 unspecified atom stereocenters. The molecule has 2 heterocycles. The minimum atomic E-state index is -0.445. The van der Waals surface area contributed by atoms with Gasteiger partial charge in [-0.15, -0.1) is 0 Å². The molecule has 0 aliphatic carbocycles. The van der Waals surface area contributed by atoms with Crippen LogP contribution in [-0.2, 0) is 4.74 Å². The number of furan rings is 1. The van der Waals surface area contributed by atoms with Gasteiger partial charge in [-0.25, -0.2) is 4.79 Å². The number of hydrogen-bond acceptors (Lipinski definition) is 4. The fourth-order valence-electron chi connectivity index (χ4n) is 2.68. The van der Waals surface area contributed by atoms with Crippen LogP contribution in [0.15, 0.2) is 28.7 Å². The van der Waals surface area contributed by atoms with Crippen LogP contribution in [-0.4, -0.2) is 28.9 Å². The van der Waals surface area contributed by atoms with Crippen LogP contribution in [0.2, 0.25) is 0 Å². The average molecular weight is 301 g/mol. The van der Waals surface area contributed by atoms with Gasteiger partial charge >= 0.3 is 6.09 Å². The zero-order valence-electron chi connectivity index (χ0n) is 13.2. The van der Waals surface area contributed by atoms with Gasteiger partial charge in [-0.1, -0.05) is 12.1 Å². The van der Waals surface area contributed by atoms with Crippen LogP contribution in [0.5, 0.6) is 0 Å². The smallest absolute Gasteiger partial charge is 0.411 e. The number of fused-ring (bicyclic) bond motifs is 1. The van der Waals surface area contributed by atoms with E-state index in [4.69, 9.17) is 9.15 Å². The number of carbonyl (C=O) groups is 2. The predicted octanol–water partition coefficient (Wildman–Crippen LogP) is 3.93. The lowest BCUT2D eigenvalue weighted by atomic mass is 10.1. The molecule has 3 rings (SSSR count). The van der Waals surface area contributed by atoms with Crippen molar-refractivity contribution in [2.75, 3.05) is 6.54 Å². The summed E-state index contributed by atoms with van der Waals surface area (Å²) in [4.78, 5) is 25.4. The topological polar surface area (TPSA) is 59.8 Å². The zero-order chi connectivity index (χ0) is 16.1. The number of nitrogens with zero attached hydrogens (tertiary/aromatic N) is 1. The molecular formula is C17H19NO4. The van der Waals surface area contributed by atoms with Crippen molar-refractivity contribution in [1.82, 2.24) is 4.90 Å². The van der Waals surface area contributed by atoms with E-state index in [9.17, 15) is 9.59 Å². The van der Waals surface area contributed by atoms with Crippen LogP contribution in [0.1, 0.15) is 49.9 Å². The summed E-state index contributed by atoms with van der Waals surface area (Å²) in [5.74, 6) is 0.523. The van der Waals surface area contributed by atoms with Gasteiger partial charge in [0.15, 0.2) is 11.9 Å². The van der Waals surface area contributed by atoms with Crippen LogP contribution < -0.4 is 0 Å². The first-order valence-electron chi connectivity index (χ1n) is 7.29. The molecule has 0 bridgehead atoms. The molecule has 22 heavy (non-hydrogen) atoms. The Balaban J connectivity index is 1.97. The van der Waals surface area contributed by atoms with Crippen LogP contribution in [0, 0.1) is 0 Å². The third kappa shape index (κ3) is 2.36. The summed E-state index contributed by atoms with van der Waals surface area (Å²) in [6.45, 7) is 7.83. The summed E-state index contributed by atoms with van der Waals surface area (Å²) < 4.78 is 11.3. The molecule has 0 saturated carbocycles. The third-order valence-corrected chi connectivity index (χ3v) is 3.88. The molecular weight excluding hydrogens is 282 g/mol. The number of cyclic esters (lactones) is 1. The molecule has 0 spiro atoms. The number of Topliss-reactive ketones (excluding diaryl/α,β-unsaturated/α-hetero) is 1. The maximum absolute atomic E-state index is 12.0. The van der Waals surface area contributed by atoms with Gasteiger partial charge in [0.05, 0.1) is 12.1 Å². The predicted molar refractivity (Wildman–Crippen MR) is 81.9 cm³/mol. The van der Waals surface area contributed by atoms with Crippen LogP contribution in [0.3, 0.4) is 0 Å². The lowest BCUT2D eigenvalue weighted by molar-refractivity contribution is 0.101. The SMILES string of the molecule is CC(=O)c1cccc2cc(C3CN(C(C)(C)C)C(=O)O3)oc12. The Kier molecular flexibility index (Phi) is 3.24. The standard InChI is InChI=1S/C17H19NO4/c1-10(19)12-7-5-6-11-8-13(21-15(11)12)14-9-18(16(20)22-14)17(2,3)4/h5-8,14H,9H2,1-4H3. The maximum atomic E-state index is 12.0. The second kappa shape index (κ2) is 4.87. The molecule has 1 atom stereocenters. The van der Waals surface area contributed by atoms with E-state index in [0.717, 1.165) is 5.39 Å². The summed E-state index contributed by atoms with van der Waals surface area (Å²) in [5.41, 5.74) is 0.790. The highest BCUT2D eigenvalue weighted by atomic mass is 16.6. The van der Waals surface area contributed by atoms with Gasteiger partial charge in [-0.3, -0.25) is 9.69 Å². The Labute approximate surface area is 128 Å². The molecule has 5 nitrogen and oxygen atoms in total. The summed E-state index contributed by atoms with van der Waals surface area (Å²) in [6, 6.07) is 7.28. The second-order valence-electron chi connectivity index (χ2n) is 6.58. The molecule has 1 aromatic heterocycles. The van der Waals surface area contributed by atoms with Crippen LogP contribution in [0.25, 0.3) is 11.0 Å². The molecule has 1 aromatic carbocycles. The second-order valence-corrected chi connectivity index (χ2v) is 6.58. The number of ether oxygens (including phenoxy) is 1. The number of benzene rings is 1. The van der Waals surface area contributed by atoms with Gasteiger partial charge in [0.25, 0.3) is 0 Å². The minimum absolute atomic E-state index is 0.0498. The molecule has 1 fully saturated rings. The zero-order valence-corrected chi connectivity index (χ0v) is 13.2. The monoisotopic (exact) mass is 301 g/mol. The van der Waals surface area contributed by atoms with Gasteiger partial charge in [-0.05, 0) is 39.8 Å². The first kappa shape index (κ1) is 14.6. The number of para-hydroxylation sites is 1. The normalized spacial score (nSPS) is 18.8. The fraction of sp³-hybridized carbons (Fsp3) is 0.412. The third-order valence-electron chi connectivity index (χ3n) is 3.88. The van der Waals surface area contributed by atoms with Crippen LogP contribution in [0.4, 0.5) is 4.79 Å². The highest BCUT2D eigenvalue weighted by Crippen LogP contribution is 2.34. The molecule has 0 radical (unpaired) electrons. The van der Waals surface area contributed by atoms with Crippen molar-refractivity contribution in [3.05, 3.63) is 35.6 Å². The molecule has 0 N–H and O–H groups in total.